The van der Waals surface area contributed by atoms with E-state index in [9.17, 15) is 9.59 Å². The Bertz CT molecular complexity index is 1120. The highest BCUT2D eigenvalue weighted by atomic mass is 16.1. The summed E-state index contributed by atoms with van der Waals surface area (Å²) in [5, 5.41) is 6.68. The number of amides is 1. The van der Waals surface area contributed by atoms with Crippen molar-refractivity contribution in [3.8, 4) is 0 Å². The number of carbonyl (C=O) groups is 1. The quantitative estimate of drug-likeness (QED) is 0.534. The predicted molar refractivity (Wildman–Crippen MR) is 120 cm³/mol. The first-order valence-electron chi connectivity index (χ1n) is 10.7. The number of aromatic nitrogens is 4. The van der Waals surface area contributed by atoms with E-state index in [1.54, 1.807) is 12.1 Å². The van der Waals surface area contributed by atoms with Gasteiger partial charge in [-0.05, 0) is 31.9 Å². The van der Waals surface area contributed by atoms with Gasteiger partial charge in [0.25, 0.3) is 5.56 Å². The zero-order chi connectivity index (χ0) is 21.6. The number of anilines is 2. The van der Waals surface area contributed by atoms with Gasteiger partial charge in [0.05, 0.1) is 17.2 Å². The molecule has 2 N–H and O–H groups in total. The van der Waals surface area contributed by atoms with Crippen LogP contribution in [-0.4, -0.2) is 51.6 Å². The molecule has 0 spiro atoms. The number of rotatable bonds is 8. The predicted octanol–water partition coefficient (Wildman–Crippen LogP) is 1.71. The van der Waals surface area contributed by atoms with Crippen LogP contribution in [0.4, 0.5) is 11.6 Å². The molecule has 2 aromatic heterocycles. The SMILES string of the molecule is Cc1nc(NCCNC(=O)CCn2cnc3ccccc3c2=O)cc(N2CCCC2)n1. The van der Waals surface area contributed by atoms with Gasteiger partial charge in [0, 0.05) is 45.2 Å². The third-order valence-electron chi connectivity index (χ3n) is 5.32. The molecule has 1 aromatic carbocycles. The molecule has 0 bridgehead atoms. The van der Waals surface area contributed by atoms with Gasteiger partial charge in [0.15, 0.2) is 0 Å². The molecule has 1 saturated heterocycles. The van der Waals surface area contributed by atoms with Crippen molar-refractivity contribution in [2.75, 3.05) is 36.4 Å². The zero-order valence-corrected chi connectivity index (χ0v) is 17.7. The number of carbonyl (C=O) groups excluding carboxylic acids is 1. The second kappa shape index (κ2) is 9.55. The molecule has 9 nitrogen and oxygen atoms in total. The average molecular weight is 422 g/mol. The normalized spacial score (nSPS) is 13.5. The lowest BCUT2D eigenvalue weighted by molar-refractivity contribution is -0.121. The second-order valence-corrected chi connectivity index (χ2v) is 7.64. The summed E-state index contributed by atoms with van der Waals surface area (Å²) in [7, 11) is 0. The lowest BCUT2D eigenvalue weighted by Crippen LogP contribution is -2.31. The van der Waals surface area contributed by atoms with E-state index < -0.39 is 0 Å². The first kappa shape index (κ1) is 20.8. The molecule has 0 aliphatic carbocycles. The maximum atomic E-state index is 12.5. The van der Waals surface area contributed by atoms with Crippen LogP contribution >= 0.6 is 0 Å². The fourth-order valence-electron chi connectivity index (χ4n) is 3.72. The highest BCUT2D eigenvalue weighted by molar-refractivity contribution is 5.77. The number of fused-ring (bicyclic) bond motifs is 1. The van der Waals surface area contributed by atoms with E-state index >= 15 is 0 Å². The van der Waals surface area contributed by atoms with Crippen molar-refractivity contribution in [1.82, 2.24) is 24.8 Å². The summed E-state index contributed by atoms with van der Waals surface area (Å²) < 4.78 is 1.48. The Balaban J connectivity index is 1.24. The number of nitrogens with one attached hydrogen (secondary N) is 2. The van der Waals surface area contributed by atoms with Crippen LogP contribution < -0.4 is 21.1 Å². The summed E-state index contributed by atoms with van der Waals surface area (Å²) in [6, 6.07) is 9.16. The monoisotopic (exact) mass is 421 g/mol. The first-order chi connectivity index (χ1) is 15.1. The van der Waals surface area contributed by atoms with Crippen LogP contribution in [0.2, 0.25) is 0 Å². The smallest absolute Gasteiger partial charge is 0.261 e. The van der Waals surface area contributed by atoms with Gasteiger partial charge in [0.1, 0.15) is 17.5 Å². The summed E-state index contributed by atoms with van der Waals surface area (Å²) in [6.45, 7) is 5.25. The lowest BCUT2D eigenvalue weighted by Gasteiger charge is -2.17. The Morgan fingerprint density at radius 1 is 1.13 bits per heavy atom. The van der Waals surface area contributed by atoms with Gasteiger partial charge in [-0.1, -0.05) is 12.1 Å². The molecule has 1 aliphatic rings. The first-order valence-corrected chi connectivity index (χ1v) is 10.7. The van der Waals surface area contributed by atoms with Gasteiger partial charge in [-0.25, -0.2) is 15.0 Å². The summed E-state index contributed by atoms with van der Waals surface area (Å²) in [6.07, 6.45) is 4.10. The Morgan fingerprint density at radius 3 is 2.77 bits per heavy atom. The number of hydrogen-bond donors (Lipinski definition) is 2. The standard InChI is InChI=1S/C22H27N7O2/c1-16-26-19(14-20(27-16)28-11-4-5-12-28)23-9-10-24-21(30)8-13-29-15-25-18-7-3-2-6-17(18)22(29)31/h2-3,6-7,14-15H,4-5,8-13H2,1H3,(H,24,30)(H,23,26,27). The van der Waals surface area contributed by atoms with E-state index in [2.05, 4.69) is 30.5 Å². The average Bonchev–Trinajstić information content (AvgIpc) is 3.31. The number of nitrogens with zero attached hydrogens (tertiary/aromatic N) is 5. The van der Waals surface area contributed by atoms with Crippen molar-refractivity contribution in [2.45, 2.75) is 32.7 Å². The fraction of sp³-hybridized carbons (Fsp3) is 0.409. The zero-order valence-electron chi connectivity index (χ0n) is 17.7. The van der Waals surface area contributed by atoms with Crippen LogP contribution in [0.25, 0.3) is 10.9 Å². The topological polar surface area (TPSA) is 105 Å². The summed E-state index contributed by atoms with van der Waals surface area (Å²) >= 11 is 0. The van der Waals surface area contributed by atoms with Crippen LogP contribution in [0.3, 0.4) is 0 Å². The van der Waals surface area contributed by atoms with Crippen LogP contribution in [0.15, 0.2) is 41.5 Å². The number of aryl methyl sites for hydroxylation is 2. The molecule has 0 atom stereocenters. The second-order valence-electron chi connectivity index (χ2n) is 7.64. The summed E-state index contributed by atoms with van der Waals surface area (Å²) in [5.41, 5.74) is 0.528. The molecular weight excluding hydrogens is 394 g/mol. The molecule has 31 heavy (non-hydrogen) atoms. The van der Waals surface area contributed by atoms with Crippen molar-refractivity contribution in [2.24, 2.45) is 0 Å². The minimum absolute atomic E-state index is 0.113. The van der Waals surface area contributed by atoms with Crippen molar-refractivity contribution < 1.29 is 4.79 Å². The molecule has 3 heterocycles. The summed E-state index contributed by atoms with van der Waals surface area (Å²) in [4.78, 5) is 40.1. The van der Waals surface area contributed by atoms with E-state index in [0.29, 0.717) is 30.5 Å². The van der Waals surface area contributed by atoms with E-state index in [1.165, 1.54) is 23.7 Å². The lowest BCUT2D eigenvalue weighted by atomic mass is 10.2. The van der Waals surface area contributed by atoms with E-state index in [-0.39, 0.29) is 17.9 Å². The Morgan fingerprint density at radius 2 is 1.94 bits per heavy atom. The highest BCUT2D eigenvalue weighted by Gasteiger charge is 2.15. The molecule has 1 aliphatic heterocycles. The Labute approximate surface area is 180 Å². The maximum Gasteiger partial charge on any atom is 0.261 e. The van der Waals surface area contributed by atoms with Crippen molar-refractivity contribution in [3.63, 3.8) is 0 Å². The van der Waals surface area contributed by atoms with Crippen LogP contribution in [0.5, 0.6) is 0 Å². The minimum atomic E-state index is -0.131. The molecule has 1 amide bonds. The van der Waals surface area contributed by atoms with Gasteiger partial charge < -0.3 is 15.5 Å². The molecule has 4 rings (SSSR count). The van der Waals surface area contributed by atoms with Crippen molar-refractivity contribution >= 4 is 28.4 Å². The molecule has 0 radical (unpaired) electrons. The Kier molecular flexibility index (Phi) is 6.40. The minimum Gasteiger partial charge on any atom is -0.368 e. The Hall–Kier alpha value is -3.49. The van der Waals surface area contributed by atoms with Crippen LogP contribution in [-0.2, 0) is 11.3 Å². The summed E-state index contributed by atoms with van der Waals surface area (Å²) in [5.74, 6) is 2.33. The highest BCUT2D eigenvalue weighted by Crippen LogP contribution is 2.20. The van der Waals surface area contributed by atoms with Gasteiger partial charge >= 0.3 is 0 Å². The molecule has 162 valence electrons. The van der Waals surface area contributed by atoms with E-state index in [1.807, 2.05) is 25.1 Å². The number of para-hydroxylation sites is 1. The van der Waals surface area contributed by atoms with Crippen LogP contribution in [0, 0.1) is 6.92 Å². The molecule has 3 aromatic rings. The molecule has 0 saturated carbocycles. The largest absolute Gasteiger partial charge is 0.368 e. The van der Waals surface area contributed by atoms with Gasteiger partial charge in [0.2, 0.25) is 5.91 Å². The molecule has 9 heteroatoms. The molecular formula is C22H27N7O2. The maximum absolute atomic E-state index is 12.5. The molecule has 0 unspecified atom stereocenters. The van der Waals surface area contributed by atoms with Gasteiger partial charge in [-0.3, -0.25) is 14.2 Å². The van der Waals surface area contributed by atoms with E-state index in [4.69, 9.17) is 0 Å². The fourth-order valence-corrected chi connectivity index (χ4v) is 3.72. The van der Waals surface area contributed by atoms with E-state index in [0.717, 1.165) is 30.5 Å². The van der Waals surface area contributed by atoms with Crippen LogP contribution in [0.1, 0.15) is 25.1 Å². The third-order valence-corrected chi connectivity index (χ3v) is 5.32. The molecule has 1 fully saturated rings. The van der Waals surface area contributed by atoms with Gasteiger partial charge in [-0.2, -0.15) is 0 Å². The number of hydrogen-bond acceptors (Lipinski definition) is 7. The number of benzene rings is 1. The van der Waals surface area contributed by atoms with Crippen molar-refractivity contribution in [1.29, 1.82) is 0 Å². The van der Waals surface area contributed by atoms with Gasteiger partial charge in [-0.15, -0.1) is 0 Å². The van der Waals surface area contributed by atoms with Crippen molar-refractivity contribution in [3.05, 3.63) is 52.8 Å². The third kappa shape index (κ3) is 5.17.